The number of hydrogen-bond donors (Lipinski definition) is 2. The van der Waals surface area contributed by atoms with Gasteiger partial charge in [0.05, 0.1) is 4.90 Å². The van der Waals surface area contributed by atoms with Crippen LogP contribution in [0.25, 0.3) is 0 Å². The van der Waals surface area contributed by atoms with E-state index in [1.165, 1.54) is 12.1 Å². The van der Waals surface area contributed by atoms with E-state index < -0.39 is 10.0 Å². The third-order valence-corrected chi connectivity index (χ3v) is 4.47. The number of hydrazine groups is 1. The summed E-state index contributed by atoms with van der Waals surface area (Å²) in [6.45, 7) is 1.29. The lowest BCUT2D eigenvalue weighted by Gasteiger charge is -2.26. The lowest BCUT2D eigenvalue weighted by molar-refractivity contribution is 0.200. The Morgan fingerprint density at radius 1 is 1.15 bits per heavy atom. The van der Waals surface area contributed by atoms with Crippen LogP contribution < -0.4 is 4.83 Å². The Kier molecular flexibility index (Phi) is 5.15. The van der Waals surface area contributed by atoms with Crippen molar-refractivity contribution in [2.45, 2.75) is 24.2 Å². The highest BCUT2D eigenvalue weighted by atomic mass is 32.2. The molecule has 0 atom stereocenters. The highest BCUT2D eigenvalue weighted by Crippen LogP contribution is 2.13. The van der Waals surface area contributed by atoms with Crippen molar-refractivity contribution in [3.05, 3.63) is 29.8 Å². The van der Waals surface area contributed by atoms with Crippen molar-refractivity contribution in [3.8, 4) is 11.8 Å². The summed E-state index contributed by atoms with van der Waals surface area (Å²) < 4.78 is 24.4. The summed E-state index contributed by atoms with van der Waals surface area (Å²) in [6, 6.07) is 6.31. The number of aliphatic hydroxyl groups is 1. The predicted octanol–water partition coefficient (Wildman–Crippen LogP) is 0.710. The summed E-state index contributed by atoms with van der Waals surface area (Å²) in [4.78, 5) is 2.82. The minimum atomic E-state index is -3.52. The Hall–Kier alpha value is -1.39. The zero-order valence-corrected chi connectivity index (χ0v) is 12.0. The van der Waals surface area contributed by atoms with Crippen LogP contribution in [0.3, 0.4) is 0 Å². The fourth-order valence-electron chi connectivity index (χ4n) is 2.07. The summed E-state index contributed by atoms with van der Waals surface area (Å²) in [5.74, 6) is 5.25. The summed E-state index contributed by atoms with van der Waals surface area (Å²) in [5.41, 5.74) is 0.677. The molecule has 108 valence electrons. The number of aliphatic hydroxyl groups excluding tert-OH is 1. The van der Waals surface area contributed by atoms with E-state index in [2.05, 4.69) is 16.7 Å². The van der Waals surface area contributed by atoms with Crippen molar-refractivity contribution in [1.82, 2.24) is 9.84 Å². The second-order valence-corrected chi connectivity index (χ2v) is 6.29. The molecule has 0 saturated carbocycles. The van der Waals surface area contributed by atoms with Crippen LogP contribution in [0, 0.1) is 11.8 Å². The maximum atomic E-state index is 12.2. The minimum absolute atomic E-state index is 0.212. The van der Waals surface area contributed by atoms with Gasteiger partial charge in [0, 0.05) is 18.7 Å². The van der Waals surface area contributed by atoms with Crippen LogP contribution in [0.4, 0.5) is 0 Å². The molecule has 2 N–H and O–H groups in total. The molecule has 1 fully saturated rings. The number of nitrogens with zero attached hydrogens (tertiary/aromatic N) is 1. The van der Waals surface area contributed by atoms with Gasteiger partial charge in [-0.1, -0.05) is 18.3 Å². The lowest BCUT2D eigenvalue weighted by atomic mass is 10.2. The Balaban J connectivity index is 2.08. The second-order valence-electron chi connectivity index (χ2n) is 4.63. The van der Waals surface area contributed by atoms with Gasteiger partial charge >= 0.3 is 0 Å². The van der Waals surface area contributed by atoms with E-state index >= 15 is 0 Å². The molecular formula is C14H18N2O3S. The van der Waals surface area contributed by atoms with Crippen molar-refractivity contribution in [3.63, 3.8) is 0 Å². The average molecular weight is 294 g/mol. The maximum absolute atomic E-state index is 12.2. The molecule has 0 bridgehead atoms. The fourth-order valence-corrected chi connectivity index (χ4v) is 3.19. The molecule has 1 aliphatic heterocycles. The van der Waals surface area contributed by atoms with Crippen LogP contribution in [0.5, 0.6) is 0 Å². The molecule has 5 nitrogen and oxygen atoms in total. The van der Waals surface area contributed by atoms with E-state index in [1.807, 2.05) is 0 Å². The number of benzene rings is 1. The minimum Gasteiger partial charge on any atom is -0.384 e. The Labute approximate surface area is 119 Å². The number of nitrogens with one attached hydrogen (secondary N) is 1. The van der Waals surface area contributed by atoms with Crippen LogP contribution in [0.1, 0.15) is 24.8 Å². The van der Waals surface area contributed by atoms with E-state index in [0.29, 0.717) is 5.56 Å². The number of rotatable bonds is 3. The van der Waals surface area contributed by atoms with Crippen molar-refractivity contribution in [1.29, 1.82) is 0 Å². The van der Waals surface area contributed by atoms with Crippen molar-refractivity contribution in [2.24, 2.45) is 0 Å². The van der Waals surface area contributed by atoms with Gasteiger partial charge in [-0.05, 0) is 37.1 Å². The van der Waals surface area contributed by atoms with E-state index in [9.17, 15) is 8.42 Å². The van der Waals surface area contributed by atoms with Crippen LogP contribution in [-0.4, -0.2) is 38.2 Å². The molecule has 0 aromatic heterocycles. The lowest BCUT2D eigenvalue weighted by Crippen LogP contribution is -2.44. The monoisotopic (exact) mass is 294 g/mol. The fraction of sp³-hybridized carbons (Fsp3) is 0.429. The first-order chi connectivity index (χ1) is 9.62. The number of sulfonamides is 1. The molecule has 0 radical (unpaired) electrons. The molecule has 0 spiro atoms. The smallest absolute Gasteiger partial charge is 0.253 e. The Morgan fingerprint density at radius 2 is 1.80 bits per heavy atom. The molecule has 0 amide bonds. The van der Waals surface area contributed by atoms with Gasteiger partial charge in [-0.3, -0.25) is 0 Å². The molecule has 20 heavy (non-hydrogen) atoms. The standard InChI is InChI=1S/C14H18N2O3S/c17-12-4-5-13-6-8-14(9-7-13)20(18,19)15-16-10-2-1-3-11-16/h6-9,15,17H,1-3,10-12H2. The molecule has 1 heterocycles. The SMILES string of the molecule is O=S(=O)(NN1CCCCC1)c1ccc(C#CCO)cc1. The van der Waals surface area contributed by atoms with Crippen LogP contribution in [0.2, 0.25) is 0 Å². The third-order valence-electron chi connectivity index (χ3n) is 3.08. The zero-order valence-electron chi connectivity index (χ0n) is 11.2. The molecule has 1 aromatic carbocycles. The Morgan fingerprint density at radius 3 is 2.40 bits per heavy atom. The normalized spacial score (nSPS) is 16.4. The van der Waals surface area contributed by atoms with Crippen molar-refractivity contribution >= 4 is 10.0 Å². The second kappa shape index (κ2) is 6.86. The maximum Gasteiger partial charge on any atom is 0.253 e. The van der Waals surface area contributed by atoms with Gasteiger partial charge in [-0.15, -0.1) is 4.83 Å². The molecule has 2 rings (SSSR count). The predicted molar refractivity (Wildman–Crippen MR) is 76.2 cm³/mol. The molecule has 0 aliphatic carbocycles. The van der Waals surface area contributed by atoms with Crippen molar-refractivity contribution < 1.29 is 13.5 Å². The largest absolute Gasteiger partial charge is 0.384 e. The van der Waals surface area contributed by atoms with Gasteiger partial charge in [-0.2, -0.15) is 0 Å². The molecule has 6 heteroatoms. The summed E-state index contributed by atoms with van der Waals surface area (Å²) in [6.07, 6.45) is 3.17. The first-order valence-electron chi connectivity index (χ1n) is 6.59. The third kappa shape index (κ3) is 4.05. The van der Waals surface area contributed by atoms with Crippen molar-refractivity contribution in [2.75, 3.05) is 19.7 Å². The molecule has 1 saturated heterocycles. The quantitative estimate of drug-likeness (QED) is 0.806. The zero-order chi connectivity index (χ0) is 14.4. The van der Waals surface area contributed by atoms with E-state index in [4.69, 9.17) is 5.11 Å². The first kappa shape index (κ1) is 15.0. The van der Waals surface area contributed by atoms with Crippen LogP contribution in [-0.2, 0) is 10.0 Å². The van der Waals surface area contributed by atoms with Gasteiger partial charge < -0.3 is 5.11 Å². The van der Waals surface area contributed by atoms with E-state index in [-0.39, 0.29) is 11.5 Å². The molecule has 1 aliphatic rings. The van der Waals surface area contributed by atoms with Gasteiger partial charge in [0.15, 0.2) is 0 Å². The highest BCUT2D eigenvalue weighted by Gasteiger charge is 2.19. The summed E-state index contributed by atoms with van der Waals surface area (Å²) in [5, 5.41) is 10.4. The van der Waals surface area contributed by atoms with E-state index in [0.717, 1.165) is 32.4 Å². The topological polar surface area (TPSA) is 69.6 Å². The molecule has 1 aromatic rings. The number of hydrogen-bond acceptors (Lipinski definition) is 4. The number of piperidine rings is 1. The average Bonchev–Trinajstić information content (AvgIpc) is 2.46. The Bertz CT molecular complexity index is 594. The highest BCUT2D eigenvalue weighted by molar-refractivity contribution is 7.89. The van der Waals surface area contributed by atoms with Crippen LogP contribution in [0.15, 0.2) is 29.2 Å². The van der Waals surface area contributed by atoms with Gasteiger partial charge in [0.2, 0.25) is 0 Å². The van der Waals surface area contributed by atoms with E-state index in [1.54, 1.807) is 17.1 Å². The van der Waals surface area contributed by atoms with Gasteiger partial charge in [0.25, 0.3) is 10.0 Å². The van der Waals surface area contributed by atoms with Crippen LogP contribution >= 0.6 is 0 Å². The van der Waals surface area contributed by atoms with Gasteiger partial charge in [0.1, 0.15) is 6.61 Å². The molecular weight excluding hydrogens is 276 g/mol. The summed E-state index contributed by atoms with van der Waals surface area (Å²) in [7, 11) is -3.52. The summed E-state index contributed by atoms with van der Waals surface area (Å²) >= 11 is 0. The van der Waals surface area contributed by atoms with Gasteiger partial charge in [-0.25, -0.2) is 13.4 Å². The first-order valence-corrected chi connectivity index (χ1v) is 8.07. The molecule has 0 unspecified atom stereocenters.